The zero-order valence-electron chi connectivity index (χ0n) is 15.2. The molecule has 2 atom stereocenters. The van der Waals surface area contributed by atoms with Crippen LogP contribution in [0.1, 0.15) is 28.5 Å². The molecule has 1 aromatic heterocycles. The van der Waals surface area contributed by atoms with Gasteiger partial charge in [-0.05, 0) is 37.1 Å². The maximum absolute atomic E-state index is 12.8. The molecule has 2 aromatic rings. The minimum absolute atomic E-state index is 0.0778. The van der Waals surface area contributed by atoms with Crippen LogP contribution in [0.15, 0.2) is 24.3 Å². The molecule has 1 aliphatic heterocycles. The summed E-state index contributed by atoms with van der Waals surface area (Å²) in [5, 5.41) is 19.4. The summed E-state index contributed by atoms with van der Waals surface area (Å²) < 4.78 is 0. The molecule has 0 saturated carbocycles. The lowest BCUT2D eigenvalue weighted by atomic mass is 10.0. The monoisotopic (exact) mass is 356 g/mol. The van der Waals surface area contributed by atoms with Crippen molar-refractivity contribution in [3.63, 3.8) is 0 Å². The normalized spacial score (nSPS) is 19.6. The van der Waals surface area contributed by atoms with E-state index in [-0.39, 0.29) is 30.4 Å². The Balaban J connectivity index is 1.76. The molecule has 0 aliphatic carbocycles. The van der Waals surface area contributed by atoms with Crippen molar-refractivity contribution < 1.29 is 14.7 Å². The fraction of sp³-hybridized carbons (Fsp3) is 0.421. The molecule has 3 rings (SSSR count). The van der Waals surface area contributed by atoms with Gasteiger partial charge >= 0.3 is 0 Å². The minimum Gasteiger partial charge on any atom is -0.396 e. The molecule has 1 aliphatic rings. The van der Waals surface area contributed by atoms with E-state index in [1.165, 1.54) is 18.1 Å². The number of amides is 2. The second-order valence-corrected chi connectivity index (χ2v) is 6.93. The highest BCUT2D eigenvalue weighted by molar-refractivity contribution is 5.93. The van der Waals surface area contributed by atoms with E-state index in [9.17, 15) is 14.7 Å². The molecule has 3 N–H and O–H groups in total. The number of carbonyl (C=O) groups is 2. The van der Waals surface area contributed by atoms with Gasteiger partial charge < -0.3 is 15.3 Å². The SMILES string of the molecule is CC(=O)N[C@@H]1CN(C(=O)c2cc(-c3ccc(C)c(C)c3)n[nH]2)C[C@H]1CO. The number of aromatic amines is 1. The van der Waals surface area contributed by atoms with Gasteiger partial charge in [0.2, 0.25) is 5.91 Å². The van der Waals surface area contributed by atoms with Crippen molar-refractivity contribution in [3.05, 3.63) is 41.1 Å². The Morgan fingerprint density at radius 1 is 1.27 bits per heavy atom. The van der Waals surface area contributed by atoms with Crippen LogP contribution in [0.25, 0.3) is 11.3 Å². The van der Waals surface area contributed by atoms with Gasteiger partial charge in [0.1, 0.15) is 5.69 Å². The largest absolute Gasteiger partial charge is 0.396 e. The van der Waals surface area contributed by atoms with Crippen LogP contribution in [0.2, 0.25) is 0 Å². The number of aliphatic hydroxyl groups excluding tert-OH is 1. The van der Waals surface area contributed by atoms with E-state index in [0.29, 0.717) is 24.5 Å². The first kappa shape index (κ1) is 18.1. The number of aromatic nitrogens is 2. The standard InChI is InChI=1S/C19H24N4O3/c1-11-4-5-14(6-12(11)2)16-7-17(22-21-16)19(26)23-8-15(10-24)18(9-23)20-13(3)25/h4-7,15,18,24H,8-10H2,1-3H3,(H,20,25)(H,21,22)/t15-,18+/m0/s1. The van der Waals surface area contributed by atoms with E-state index < -0.39 is 0 Å². The van der Waals surface area contributed by atoms with Crippen molar-refractivity contribution in [2.75, 3.05) is 19.7 Å². The average molecular weight is 356 g/mol. The van der Waals surface area contributed by atoms with Crippen LogP contribution in [0.5, 0.6) is 0 Å². The van der Waals surface area contributed by atoms with Crippen LogP contribution in [0.3, 0.4) is 0 Å². The van der Waals surface area contributed by atoms with E-state index in [1.54, 1.807) is 11.0 Å². The highest BCUT2D eigenvalue weighted by atomic mass is 16.3. The van der Waals surface area contributed by atoms with E-state index in [4.69, 9.17) is 0 Å². The van der Waals surface area contributed by atoms with Gasteiger partial charge in [-0.15, -0.1) is 0 Å². The molecule has 138 valence electrons. The molecule has 7 heteroatoms. The summed E-state index contributed by atoms with van der Waals surface area (Å²) in [6, 6.07) is 7.57. The number of nitrogens with zero attached hydrogens (tertiary/aromatic N) is 2. The van der Waals surface area contributed by atoms with Gasteiger partial charge in [0, 0.05) is 38.1 Å². The highest BCUT2D eigenvalue weighted by Crippen LogP contribution is 2.23. The molecule has 1 fully saturated rings. The Labute approximate surface area is 152 Å². The Morgan fingerprint density at radius 2 is 2.04 bits per heavy atom. The van der Waals surface area contributed by atoms with Crippen molar-refractivity contribution in [2.45, 2.75) is 26.8 Å². The molecule has 0 spiro atoms. The summed E-state index contributed by atoms with van der Waals surface area (Å²) >= 11 is 0. The van der Waals surface area contributed by atoms with Crippen LogP contribution in [-0.4, -0.2) is 57.8 Å². The zero-order chi connectivity index (χ0) is 18.8. The molecule has 1 saturated heterocycles. The summed E-state index contributed by atoms with van der Waals surface area (Å²) in [7, 11) is 0. The summed E-state index contributed by atoms with van der Waals surface area (Å²) in [4.78, 5) is 25.7. The van der Waals surface area contributed by atoms with E-state index >= 15 is 0 Å². The van der Waals surface area contributed by atoms with Crippen LogP contribution < -0.4 is 5.32 Å². The van der Waals surface area contributed by atoms with Gasteiger partial charge in [-0.3, -0.25) is 14.7 Å². The third-order valence-electron chi connectivity index (χ3n) is 4.96. The molecule has 0 bridgehead atoms. The predicted molar refractivity (Wildman–Crippen MR) is 97.6 cm³/mol. The van der Waals surface area contributed by atoms with Crippen molar-refractivity contribution in [1.82, 2.24) is 20.4 Å². The first-order valence-corrected chi connectivity index (χ1v) is 8.69. The topological polar surface area (TPSA) is 98.3 Å². The molecule has 0 unspecified atom stereocenters. The number of benzene rings is 1. The third kappa shape index (κ3) is 3.62. The van der Waals surface area contributed by atoms with Crippen LogP contribution in [0.4, 0.5) is 0 Å². The van der Waals surface area contributed by atoms with E-state index in [2.05, 4.69) is 22.4 Å². The molecule has 7 nitrogen and oxygen atoms in total. The molecule has 2 heterocycles. The number of likely N-dealkylation sites (tertiary alicyclic amines) is 1. The number of hydrogen-bond acceptors (Lipinski definition) is 4. The highest BCUT2D eigenvalue weighted by Gasteiger charge is 2.36. The number of hydrogen-bond donors (Lipinski definition) is 3. The number of carbonyl (C=O) groups excluding carboxylic acids is 2. The maximum Gasteiger partial charge on any atom is 0.271 e. The van der Waals surface area contributed by atoms with E-state index in [1.807, 2.05) is 25.1 Å². The smallest absolute Gasteiger partial charge is 0.271 e. The molecule has 0 radical (unpaired) electrons. The Hall–Kier alpha value is -2.67. The summed E-state index contributed by atoms with van der Waals surface area (Å²) in [5.74, 6) is -0.509. The lowest BCUT2D eigenvalue weighted by molar-refractivity contribution is -0.119. The average Bonchev–Trinajstić information content (AvgIpc) is 3.23. The Bertz CT molecular complexity index is 830. The first-order chi connectivity index (χ1) is 12.4. The molecule has 26 heavy (non-hydrogen) atoms. The van der Waals surface area contributed by atoms with Gasteiger partial charge in [-0.1, -0.05) is 12.1 Å². The second-order valence-electron chi connectivity index (χ2n) is 6.93. The number of aryl methyl sites for hydroxylation is 2. The van der Waals surface area contributed by atoms with E-state index in [0.717, 1.165) is 5.56 Å². The van der Waals surface area contributed by atoms with Crippen LogP contribution >= 0.6 is 0 Å². The number of aliphatic hydroxyl groups is 1. The fourth-order valence-electron chi connectivity index (χ4n) is 3.30. The van der Waals surface area contributed by atoms with Gasteiger partial charge in [0.25, 0.3) is 5.91 Å². The maximum atomic E-state index is 12.8. The van der Waals surface area contributed by atoms with Crippen molar-refractivity contribution in [1.29, 1.82) is 0 Å². The zero-order valence-corrected chi connectivity index (χ0v) is 15.2. The van der Waals surface area contributed by atoms with Crippen molar-refractivity contribution >= 4 is 11.8 Å². The van der Waals surface area contributed by atoms with Gasteiger partial charge in [0.05, 0.1) is 11.7 Å². The Morgan fingerprint density at radius 3 is 2.69 bits per heavy atom. The summed E-state index contributed by atoms with van der Waals surface area (Å²) in [6.07, 6.45) is 0. The van der Waals surface area contributed by atoms with Gasteiger partial charge in [-0.25, -0.2) is 0 Å². The summed E-state index contributed by atoms with van der Waals surface area (Å²) in [6.45, 7) is 6.23. The molecule has 1 aromatic carbocycles. The third-order valence-corrected chi connectivity index (χ3v) is 4.96. The minimum atomic E-state index is -0.233. The molecule has 2 amide bonds. The fourth-order valence-corrected chi connectivity index (χ4v) is 3.30. The van der Waals surface area contributed by atoms with Crippen LogP contribution in [0, 0.1) is 19.8 Å². The lowest BCUT2D eigenvalue weighted by Crippen LogP contribution is -2.40. The number of rotatable bonds is 4. The Kier molecular flexibility index (Phi) is 5.08. The van der Waals surface area contributed by atoms with Crippen molar-refractivity contribution in [3.8, 4) is 11.3 Å². The molecular formula is C19H24N4O3. The first-order valence-electron chi connectivity index (χ1n) is 8.69. The number of H-pyrrole nitrogens is 1. The summed E-state index contributed by atoms with van der Waals surface area (Å²) in [5.41, 5.74) is 4.44. The lowest BCUT2D eigenvalue weighted by Gasteiger charge is -2.16. The number of nitrogens with one attached hydrogen (secondary N) is 2. The predicted octanol–water partition coefficient (Wildman–Crippen LogP) is 1.26. The van der Waals surface area contributed by atoms with Crippen LogP contribution in [-0.2, 0) is 4.79 Å². The second kappa shape index (κ2) is 7.29. The van der Waals surface area contributed by atoms with Gasteiger partial charge in [0.15, 0.2) is 0 Å². The van der Waals surface area contributed by atoms with Crippen molar-refractivity contribution in [2.24, 2.45) is 5.92 Å². The van der Waals surface area contributed by atoms with Gasteiger partial charge in [-0.2, -0.15) is 5.10 Å². The molecular weight excluding hydrogens is 332 g/mol. The quantitative estimate of drug-likeness (QED) is 0.768.